The summed E-state index contributed by atoms with van der Waals surface area (Å²) in [5, 5.41) is 14.5. The molecule has 7 nitrogen and oxygen atoms in total. The number of nitrogens with two attached hydrogens (primary N) is 1. The number of benzene rings is 1. The number of thiophene rings is 1. The Kier molecular flexibility index (Phi) is 7.73. The molecule has 0 aliphatic carbocycles. The molecule has 4 aromatic rings. The Balaban J connectivity index is 0.000000257. The molecule has 4 heterocycles. The number of fused-ring (bicyclic) bond motifs is 1. The number of rotatable bonds is 5. The minimum atomic E-state index is -0.968. The van der Waals surface area contributed by atoms with E-state index >= 15 is 0 Å². The van der Waals surface area contributed by atoms with Crippen molar-refractivity contribution in [3.05, 3.63) is 63.8 Å². The summed E-state index contributed by atoms with van der Waals surface area (Å²) in [5.41, 5.74) is 8.51. The minimum absolute atomic E-state index is 0.230. The van der Waals surface area contributed by atoms with E-state index < -0.39 is 5.97 Å². The first-order chi connectivity index (χ1) is 16.4. The highest BCUT2D eigenvalue weighted by atomic mass is 35.5. The number of nitrogens with zero attached hydrogens (tertiary/aromatic N) is 3. The maximum absolute atomic E-state index is 11.6. The molecule has 1 fully saturated rings. The van der Waals surface area contributed by atoms with Gasteiger partial charge in [0.05, 0.1) is 21.3 Å². The molecular weight excluding hydrogens is 472 g/mol. The van der Waals surface area contributed by atoms with Crippen LogP contribution in [0.25, 0.3) is 21.5 Å². The molecular formula is C25H29ClN4O3S. The lowest BCUT2D eigenvalue weighted by Gasteiger charge is -2.28. The van der Waals surface area contributed by atoms with Gasteiger partial charge in [-0.2, -0.15) is 0 Å². The van der Waals surface area contributed by atoms with Crippen LogP contribution in [-0.4, -0.2) is 51.4 Å². The molecule has 0 amide bonds. The molecule has 0 unspecified atom stereocenters. The number of halogens is 1. The van der Waals surface area contributed by atoms with Crippen molar-refractivity contribution >= 4 is 39.8 Å². The van der Waals surface area contributed by atoms with Crippen molar-refractivity contribution in [3.8, 4) is 10.6 Å². The zero-order valence-electron chi connectivity index (χ0n) is 19.3. The summed E-state index contributed by atoms with van der Waals surface area (Å²) in [5.74, 6) is -0.346. The molecule has 0 radical (unpaired) electrons. The number of hydrogen-bond acceptors (Lipinski definition) is 6. The van der Waals surface area contributed by atoms with Crippen LogP contribution in [0.15, 0.2) is 47.0 Å². The first-order valence-electron chi connectivity index (χ1n) is 11.4. The van der Waals surface area contributed by atoms with Crippen LogP contribution >= 0.6 is 22.9 Å². The van der Waals surface area contributed by atoms with Crippen LogP contribution in [-0.2, 0) is 6.54 Å². The van der Waals surface area contributed by atoms with E-state index in [-0.39, 0.29) is 5.69 Å². The predicted octanol–water partition coefficient (Wildman–Crippen LogP) is 5.50. The smallest absolute Gasteiger partial charge is 0.352 e. The van der Waals surface area contributed by atoms with Gasteiger partial charge in [-0.1, -0.05) is 41.9 Å². The molecule has 34 heavy (non-hydrogen) atoms. The average molecular weight is 501 g/mol. The van der Waals surface area contributed by atoms with Crippen molar-refractivity contribution in [3.63, 3.8) is 0 Å². The Morgan fingerprint density at radius 1 is 1.26 bits per heavy atom. The normalized spacial score (nSPS) is 14.8. The van der Waals surface area contributed by atoms with E-state index in [0.717, 1.165) is 21.3 Å². The summed E-state index contributed by atoms with van der Waals surface area (Å²) >= 11 is 7.36. The summed E-state index contributed by atoms with van der Waals surface area (Å²) < 4.78 is 7.83. The Labute approximate surface area is 207 Å². The first kappa shape index (κ1) is 24.5. The largest absolute Gasteiger partial charge is 0.477 e. The number of aryl methyl sites for hydroxylation is 1. The molecule has 3 N–H and O–H groups in total. The van der Waals surface area contributed by atoms with Gasteiger partial charge in [-0.05, 0) is 63.2 Å². The van der Waals surface area contributed by atoms with Gasteiger partial charge >= 0.3 is 5.97 Å². The Hall–Kier alpha value is -2.65. The quantitative estimate of drug-likeness (QED) is 0.375. The van der Waals surface area contributed by atoms with Gasteiger partial charge in [0.25, 0.3) is 0 Å². The van der Waals surface area contributed by atoms with E-state index in [0.29, 0.717) is 28.4 Å². The molecule has 0 atom stereocenters. The summed E-state index contributed by atoms with van der Waals surface area (Å²) in [6, 6.07) is 13.4. The number of hydrogen-bond donors (Lipinski definition) is 2. The number of likely N-dealkylation sites (tertiary alicyclic amines) is 1. The van der Waals surface area contributed by atoms with E-state index in [1.54, 1.807) is 16.7 Å². The van der Waals surface area contributed by atoms with Gasteiger partial charge in [-0.3, -0.25) is 0 Å². The molecule has 0 bridgehead atoms. The lowest BCUT2D eigenvalue weighted by molar-refractivity contribution is 0.0686. The standard InChI is InChI=1S/C18H13ClN2O3S.C7H16N2/c1-10-3-2-4-11-7-13(18(22)23)21(17(10)11)9-12-8-14(24-20-12)15-5-6-16(19)25-15;1-2-9-5-3-7(8)4-6-9/h2-8H,9H2,1H3,(H,22,23);7H,2-6,8H2,1H3. The van der Waals surface area contributed by atoms with E-state index in [4.69, 9.17) is 21.9 Å². The number of carbonyl (C=O) groups is 1. The third-order valence-electron chi connectivity index (χ3n) is 6.12. The summed E-state index contributed by atoms with van der Waals surface area (Å²) in [6.45, 7) is 8.09. The first-order valence-corrected chi connectivity index (χ1v) is 12.6. The summed E-state index contributed by atoms with van der Waals surface area (Å²) in [7, 11) is 0. The van der Waals surface area contributed by atoms with Crippen LogP contribution in [0.3, 0.4) is 0 Å². The van der Waals surface area contributed by atoms with Crippen LogP contribution in [0.1, 0.15) is 41.5 Å². The van der Waals surface area contributed by atoms with Gasteiger partial charge in [-0.25, -0.2) is 4.79 Å². The number of piperidine rings is 1. The Morgan fingerprint density at radius 2 is 2.03 bits per heavy atom. The van der Waals surface area contributed by atoms with Crippen molar-refractivity contribution in [1.82, 2.24) is 14.6 Å². The van der Waals surface area contributed by atoms with Crippen molar-refractivity contribution in [2.24, 2.45) is 5.73 Å². The third-order valence-corrected chi connectivity index (χ3v) is 7.36. The second-order valence-corrected chi connectivity index (χ2v) is 10.2. The summed E-state index contributed by atoms with van der Waals surface area (Å²) in [6.07, 6.45) is 2.38. The fourth-order valence-corrected chi connectivity index (χ4v) is 5.23. The minimum Gasteiger partial charge on any atom is -0.477 e. The molecule has 9 heteroatoms. The van der Waals surface area contributed by atoms with Crippen molar-refractivity contribution in [1.29, 1.82) is 0 Å². The van der Waals surface area contributed by atoms with Gasteiger partial charge in [0.1, 0.15) is 11.4 Å². The van der Waals surface area contributed by atoms with Gasteiger partial charge in [0, 0.05) is 17.5 Å². The highest BCUT2D eigenvalue weighted by molar-refractivity contribution is 7.19. The van der Waals surface area contributed by atoms with Gasteiger partial charge < -0.3 is 24.8 Å². The lowest BCUT2D eigenvalue weighted by atomic mass is 10.1. The SMILES string of the molecule is CCN1CCC(N)CC1.Cc1cccc2cc(C(=O)O)n(Cc3cc(-c4ccc(Cl)s4)on3)c12. The fraction of sp³-hybridized carbons (Fsp3) is 0.360. The second kappa shape index (κ2) is 10.7. The van der Waals surface area contributed by atoms with Crippen LogP contribution < -0.4 is 5.73 Å². The van der Waals surface area contributed by atoms with E-state index in [1.165, 1.54) is 43.8 Å². The lowest BCUT2D eigenvalue weighted by Crippen LogP contribution is -2.39. The number of aromatic nitrogens is 2. The molecule has 1 aliphatic heterocycles. The molecule has 1 saturated heterocycles. The van der Waals surface area contributed by atoms with Crippen LogP contribution in [0.2, 0.25) is 4.34 Å². The highest BCUT2D eigenvalue weighted by Crippen LogP contribution is 2.32. The maximum atomic E-state index is 11.6. The van der Waals surface area contributed by atoms with Crippen LogP contribution in [0, 0.1) is 6.92 Å². The predicted molar refractivity (Wildman–Crippen MR) is 137 cm³/mol. The molecule has 1 aromatic carbocycles. The second-order valence-electron chi connectivity index (χ2n) is 8.49. The average Bonchev–Trinajstić information content (AvgIpc) is 3.54. The molecule has 0 spiro atoms. The van der Waals surface area contributed by atoms with Crippen LogP contribution in [0.4, 0.5) is 0 Å². The van der Waals surface area contributed by atoms with E-state index in [9.17, 15) is 9.90 Å². The maximum Gasteiger partial charge on any atom is 0.352 e. The summed E-state index contributed by atoms with van der Waals surface area (Å²) in [4.78, 5) is 15.0. The van der Waals surface area contributed by atoms with Crippen LogP contribution in [0.5, 0.6) is 0 Å². The van der Waals surface area contributed by atoms with E-state index in [2.05, 4.69) is 17.0 Å². The Bertz CT molecular complexity index is 1270. The highest BCUT2D eigenvalue weighted by Gasteiger charge is 2.18. The van der Waals surface area contributed by atoms with Crippen molar-refractivity contribution in [2.75, 3.05) is 19.6 Å². The topological polar surface area (TPSA) is 97.5 Å². The zero-order chi connectivity index (χ0) is 24.2. The van der Waals surface area contributed by atoms with E-state index in [1.807, 2.05) is 37.3 Å². The zero-order valence-corrected chi connectivity index (χ0v) is 20.9. The van der Waals surface area contributed by atoms with Gasteiger partial charge in [0.15, 0.2) is 5.76 Å². The van der Waals surface area contributed by atoms with Gasteiger partial charge in [-0.15, -0.1) is 11.3 Å². The fourth-order valence-electron chi connectivity index (χ4n) is 4.23. The molecule has 0 saturated carbocycles. The molecule has 3 aromatic heterocycles. The molecule has 5 rings (SSSR count). The van der Waals surface area contributed by atoms with Gasteiger partial charge in [0.2, 0.25) is 0 Å². The Morgan fingerprint density at radius 3 is 2.68 bits per heavy atom. The number of aromatic carboxylic acids is 1. The number of carboxylic acids is 1. The third kappa shape index (κ3) is 5.52. The van der Waals surface area contributed by atoms with Crippen molar-refractivity contribution < 1.29 is 14.4 Å². The number of carboxylic acid groups (broad SMARTS) is 1. The number of para-hydroxylation sites is 1. The molecule has 180 valence electrons. The molecule has 1 aliphatic rings. The monoisotopic (exact) mass is 500 g/mol. The van der Waals surface area contributed by atoms with Crippen molar-refractivity contribution in [2.45, 2.75) is 39.3 Å².